The predicted molar refractivity (Wildman–Crippen MR) is 119 cm³/mol. The van der Waals surface area contributed by atoms with E-state index in [0.717, 1.165) is 11.1 Å². The number of hydrogen-bond acceptors (Lipinski definition) is 3. The molecule has 2 aromatic heterocycles. The summed E-state index contributed by atoms with van der Waals surface area (Å²) in [6.07, 6.45) is 2.20. The maximum atomic E-state index is 13.3. The molecule has 6 nitrogen and oxygen atoms in total. The molecule has 1 atom stereocenters. The van der Waals surface area contributed by atoms with Crippen LogP contribution in [-0.4, -0.2) is 20.3 Å². The molecule has 0 aliphatic rings. The molecular weight excluding hydrogens is 395 g/mol. The van der Waals surface area contributed by atoms with Crippen molar-refractivity contribution in [2.24, 2.45) is 0 Å². The Balaban J connectivity index is 1.79. The molecule has 2 aromatic carbocycles. The first-order chi connectivity index (χ1) is 14.9. The van der Waals surface area contributed by atoms with Crippen LogP contribution >= 0.6 is 0 Å². The number of fused-ring (bicyclic) bond motifs is 1. The summed E-state index contributed by atoms with van der Waals surface area (Å²) in [5.74, 6) is -0.590. The summed E-state index contributed by atoms with van der Waals surface area (Å²) < 4.78 is 16.4. The lowest BCUT2D eigenvalue weighted by atomic mass is 10.1. The number of aryl methyl sites for hydroxylation is 2. The van der Waals surface area contributed by atoms with Gasteiger partial charge in [0, 0.05) is 22.5 Å². The summed E-state index contributed by atoms with van der Waals surface area (Å²) >= 11 is 0. The highest BCUT2D eigenvalue weighted by molar-refractivity contribution is 5.95. The van der Waals surface area contributed by atoms with Gasteiger partial charge in [0.25, 0.3) is 5.56 Å². The predicted octanol–water partition coefficient (Wildman–Crippen LogP) is 4.53. The van der Waals surface area contributed by atoms with Crippen LogP contribution in [0, 0.1) is 19.7 Å². The van der Waals surface area contributed by atoms with Crippen LogP contribution in [0.4, 0.5) is 10.1 Å². The second kappa shape index (κ2) is 8.18. The van der Waals surface area contributed by atoms with Crippen LogP contribution < -0.4 is 10.9 Å². The molecular formula is C24H23FN4O2. The van der Waals surface area contributed by atoms with Crippen LogP contribution in [0.1, 0.15) is 30.8 Å². The highest BCUT2D eigenvalue weighted by Gasteiger charge is 2.25. The fourth-order valence-electron chi connectivity index (χ4n) is 4.04. The summed E-state index contributed by atoms with van der Waals surface area (Å²) in [7, 11) is 0. The smallest absolute Gasteiger partial charge is 0.281 e. The number of hydrogen-bond donors (Lipinski definition) is 1. The molecule has 0 fully saturated rings. The van der Waals surface area contributed by atoms with Crippen LogP contribution in [0.15, 0.2) is 65.6 Å². The third-order valence-electron chi connectivity index (χ3n) is 5.57. The molecule has 0 bridgehead atoms. The zero-order chi connectivity index (χ0) is 22.1. The van der Waals surface area contributed by atoms with Gasteiger partial charge in [-0.3, -0.25) is 9.59 Å². The van der Waals surface area contributed by atoms with Crippen molar-refractivity contribution >= 4 is 22.4 Å². The van der Waals surface area contributed by atoms with E-state index in [9.17, 15) is 14.0 Å². The van der Waals surface area contributed by atoms with Gasteiger partial charge in [-0.1, -0.05) is 25.1 Å². The van der Waals surface area contributed by atoms with E-state index < -0.39 is 6.04 Å². The summed E-state index contributed by atoms with van der Waals surface area (Å²) in [6, 6.07) is 14.3. The van der Waals surface area contributed by atoms with E-state index in [2.05, 4.69) is 10.4 Å². The summed E-state index contributed by atoms with van der Waals surface area (Å²) in [5, 5.41) is 8.47. The quantitative estimate of drug-likeness (QED) is 0.518. The summed E-state index contributed by atoms with van der Waals surface area (Å²) in [4.78, 5) is 26.3. The topological polar surface area (TPSA) is 68.9 Å². The highest BCUT2D eigenvalue weighted by Crippen LogP contribution is 2.28. The first-order valence-corrected chi connectivity index (χ1v) is 10.1. The average molecular weight is 418 g/mol. The van der Waals surface area contributed by atoms with Crippen molar-refractivity contribution in [1.29, 1.82) is 0 Å². The Labute approximate surface area is 178 Å². The summed E-state index contributed by atoms with van der Waals surface area (Å²) in [5.41, 5.74) is 2.49. The van der Waals surface area contributed by atoms with E-state index in [4.69, 9.17) is 0 Å². The molecule has 0 aliphatic heterocycles. The minimum Gasteiger partial charge on any atom is -0.335 e. The molecule has 0 spiro atoms. The minimum atomic E-state index is -0.526. The van der Waals surface area contributed by atoms with E-state index in [1.54, 1.807) is 6.20 Å². The van der Waals surface area contributed by atoms with E-state index in [1.807, 2.05) is 55.7 Å². The van der Waals surface area contributed by atoms with Crippen LogP contribution in [0.25, 0.3) is 16.5 Å². The van der Waals surface area contributed by atoms with Crippen molar-refractivity contribution in [3.63, 3.8) is 0 Å². The molecule has 7 heteroatoms. The maximum absolute atomic E-state index is 13.3. The molecule has 158 valence electrons. The van der Waals surface area contributed by atoms with E-state index in [1.165, 1.54) is 28.9 Å². The second-order valence-electron chi connectivity index (χ2n) is 7.45. The van der Waals surface area contributed by atoms with E-state index >= 15 is 0 Å². The average Bonchev–Trinajstić information content (AvgIpc) is 3.02. The Hall–Kier alpha value is -3.74. The number of carbonyl (C=O) groups is 1. The molecule has 4 rings (SSSR count). The van der Waals surface area contributed by atoms with Gasteiger partial charge in [0.2, 0.25) is 5.91 Å². The van der Waals surface area contributed by atoms with E-state index in [-0.39, 0.29) is 17.3 Å². The SMILES string of the molecule is CC[C@@H](C(=O)Nc1ccc(F)cc1)n1c(C)c2cnn(-c3ccccc3)c(=O)c2c1C. The van der Waals surface area contributed by atoms with Gasteiger partial charge in [-0.2, -0.15) is 9.78 Å². The van der Waals surface area contributed by atoms with Gasteiger partial charge in [0.05, 0.1) is 17.3 Å². The maximum Gasteiger partial charge on any atom is 0.281 e. The Kier molecular flexibility index (Phi) is 5.42. The minimum absolute atomic E-state index is 0.225. The number of para-hydroxylation sites is 1. The largest absolute Gasteiger partial charge is 0.335 e. The van der Waals surface area contributed by atoms with Crippen molar-refractivity contribution < 1.29 is 9.18 Å². The number of rotatable bonds is 5. The highest BCUT2D eigenvalue weighted by atomic mass is 19.1. The van der Waals surface area contributed by atoms with Gasteiger partial charge in [-0.15, -0.1) is 0 Å². The van der Waals surface area contributed by atoms with Crippen LogP contribution in [-0.2, 0) is 4.79 Å². The number of nitrogens with one attached hydrogen (secondary N) is 1. The molecule has 2 heterocycles. The molecule has 0 saturated heterocycles. The normalized spacial score (nSPS) is 12.1. The zero-order valence-electron chi connectivity index (χ0n) is 17.6. The van der Waals surface area contributed by atoms with Crippen LogP contribution in [0.2, 0.25) is 0 Å². The Morgan fingerprint density at radius 2 is 1.74 bits per heavy atom. The molecule has 4 aromatic rings. The van der Waals surface area contributed by atoms with Crippen molar-refractivity contribution in [1.82, 2.24) is 14.3 Å². The zero-order valence-corrected chi connectivity index (χ0v) is 17.6. The number of anilines is 1. The second-order valence-corrected chi connectivity index (χ2v) is 7.45. The first kappa shape index (κ1) is 20.5. The molecule has 1 N–H and O–H groups in total. The lowest BCUT2D eigenvalue weighted by Crippen LogP contribution is -2.27. The third kappa shape index (κ3) is 3.63. The molecule has 0 saturated carbocycles. The number of carbonyl (C=O) groups excluding carboxylic acids is 1. The first-order valence-electron chi connectivity index (χ1n) is 10.1. The standard InChI is InChI=1S/C24H23FN4O2/c1-4-21(23(30)27-18-12-10-17(25)11-13-18)28-15(2)20-14-26-29(19-8-6-5-7-9-19)24(31)22(20)16(28)3/h5-14,21H,4H2,1-3H3,(H,27,30)/t21-/m0/s1. The lowest BCUT2D eigenvalue weighted by Gasteiger charge is -2.20. The molecule has 31 heavy (non-hydrogen) atoms. The Bertz CT molecular complexity index is 1310. The van der Waals surface area contributed by atoms with Gasteiger partial charge in [0.15, 0.2) is 0 Å². The number of aromatic nitrogens is 3. The fraction of sp³-hybridized carbons (Fsp3) is 0.208. The van der Waals surface area contributed by atoms with Gasteiger partial charge in [-0.05, 0) is 56.7 Å². The monoisotopic (exact) mass is 418 g/mol. The Morgan fingerprint density at radius 3 is 2.39 bits per heavy atom. The van der Waals surface area contributed by atoms with Gasteiger partial charge < -0.3 is 9.88 Å². The van der Waals surface area contributed by atoms with E-state index in [0.29, 0.717) is 28.9 Å². The molecule has 1 amide bonds. The van der Waals surface area contributed by atoms with Crippen molar-refractivity contribution in [3.05, 3.63) is 88.4 Å². The van der Waals surface area contributed by atoms with Crippen LogP contribution in [0.3, 0.4) is 0 Å². The van der Waals surface area contributed by atoms with Gasteiger partial charge >= 0.3 is 0 Å². The molecule has 0 unspecified atom stereocenters. The lowest BCUT2D eigenvalue weighted by molar-refractivity contribution is -0.119. The van der Waals surface area contributed by atoms with Gasteiger partial charge in [0.1, 0.15) is 11.9 Å². The fourth-order valence-corrected chi connectivity index (χ4v) is 4.04. The number of nitrogens with zero attached hydrogens (tertiary/aromatic N) is 3. The van der Waals surface area contributed by atoms with Crippen molar-refractivity contribution in [2.75, 3.05) is 5.32 Å². The van der Waals surface area contributed by atoms with Crippen LogP contribution in [0.5, 0.6) is 0 Å². The molecule has 0 aliphatic carbocycles. The van der Waals surface area contributed by atoms with Crippen molar-refractivity contribution in [3.8, 4) is 5.69 Å². The molecule has 0 radical (unpaired) electrons. The third-order valence-corrected chi connectivity index (χ3v) is 5.57. The summed E-state index contributed by atoms with van der Waals surface area (Å²) in [6.45, 7) is 5.65. The van der Waals surface area contributed by atoms with Crippen molar-refractivity contribution in [2.45, 2.75) is 33.2 Å². The van der Waals surface area contributed by atoms with Gasteiger partial charge in [-0.25, -0.2) is 4.39 Å². The number of halogens is 1. The number of benzene rings is 2. The Morgan fingerprint density at radius 1 is 1.06 bits per heavy atom. The number of amides is 1.